The Bertz CT molecular complexity index is 462. The molecule has 28 heavy (non-hydrogen) atoms. The van der Waals surface area contributed by atoms with E-state index in [4.69, 9.17) is 0 Å². The number of hydrogen-bond acceptors (Lipinski definition) is 3. The molecule has 0 radical (unpaired) electrons. The second kappa shape index (κ2) is 11.9. The standard InChI is InChI=1S/C22H43N5.HI/c1-4-19-8-10-20(11-9-19)25-21(23-2)24-18-22(12-16-26(3)17-13-22)27-14-6-5-7-15-27;/h19-20H,4-18H2,1-3H3,(H2,23,24,25);1H. The number of nitrogens with one attached hydrogen (secondary N) is 2. The molecule has 1 aliphatic carbocycles. The average Bonchev–Trinajstić information content (AvgIpc) is 2.73. The van der Waals surface area contributed by atoms with Gasteiger partial charge in [-0.15, -0.1) is 24.0 Å². The molecule has 0 aromatic carbocycles. The first-order chi connectivity index (χ1) is 13.1. The van der Waals surface area contributed by atoms with Crippen LogP contribution in [0.1, 0.15) is 71.1 Å². The van der Waals surface area contributed by atoms with E-state index in [0.29, 0.717) is 11.6 Å². The first-order valence-electron chi connectivity index (χ1n) is 11.6. The van der Waals surface area contributed by atoms with Crippen LogP contribution < -0.4 is 10.6 Å². The Hall–Kier alpha value is -0.0800. The summed E-state index contributed by atoms with van der Waals surface area (Å²) in [6.45, 7) is 8.35. The van der Waals surface area contributed by atoms with Crippen molar-refractivity contribution in [1.29, 1.82) is 0 Å². The summed E-state index contributed by atoms with van der Waals surface area (Å²) in [4.78, 5) is 9.85. The van der Waals surface area contributed by atoms with Gasteiger partial charge in [-0.05, 0) is 90.5 Å². The van der Waals surface area contributed by atoms with Gasteiger partial charge in [0.25, 0.3) is 0 Å². The van der Waals surface area contributed by atoms with Crippen molar-refractivity contribution < 1.29 is 0 Å². The SMILES string of the molecule is CCC1CCC(NC(=NC)NCC2(N3CCCCC3)CCN(C)CC2)CC1.I. The van der Waals surface area contributed by atoms with E-state index in [0.717, 1.165) is 18.4 Å². The molecule has 0 aromatic rings. The van der Waals surface area contributed by atoms with Gasteiger partial charge in [-0.2, -0.15) is 0 Å². The molecule has 164 valence electrons. The maximum Gasteiger partial charge on any atom is 0.191 e. The van der Waals surface area contributed by atoms with E-state index in [1.807, 2.05) is 7.05 Å². The van der Waals surface area contributed by atoms with Crippen LogP contribution in [0.5, 0.6) is 0 Å². The fraction of sp³-hybridized carbons (Fsp3) is 0.955. The topological polar surface area (TPSA) is 42.9 Å². The molecule has 2 heterocycles. The van der Waals surface area contributed by atoms with E-state index in [2.05, 4.69) is 39.4 Å². The molecule has 2 N–H and O–H groups in total. The van der Waals surface area contributed by atoms with E-state index in [1.54, 1.807) is 0 Å². The van der Waals surface area contributed by atoms with Crippen molar-refractivity contribution in [1.82, 2.24) is 20.4 Å². The number of aliphatic imine (C=N–C) groups is 1. The number of hydrogen-bond donors (Lipinski definition) is 2. The fourth-order valence-electron chi connectivity index (χ4n) is 5.36. The predicted octanol–water partition coefficient (Wildman–Crippen LogP) is 3.69. The molecule has 6 heteroatoms. The molecule has 0 spiro atoms. The normalized spacial score (nSPS) is 29.8. The highest BCUT2D eigenvalue weighted by Crippen LogP contribution is 2.31. The molecule has 0 unspecified atom stereocenters. The van der Waals surface area contributed by atoms with E-state index in [1.165, 1.54) is 90.4 Å². The van der Waals surface area contributed by atoms with Crippen molar-refractivity contribution >= 4 is 29.9 Å². The highest BCUT2D eigenvalue weighted by Gasteiger charge is 2.39. The van der Waals surface area contributed by atoms with Gasteiger partial charge in [0.1, 0.15) is 0 Å². The molecule has 1 saturated carbocycles. The van der Waals surface area contributed by atoms with Gasteiger partial charge in [0.2, 0.25) is 0 Å². The van der Waals surface area contributed by atoms with Gasteiger partial charge in [-0.3, -0.25) is 9.89 Å². The largest absolute Gasteiger partial charge is 0.355 e. The van der Waals surface area contributed by atoms with Crippen molar-refractivity contribution in [3.8, 4) is 0 Å². The second-order valence-corrected chi connectivity index (χ2v) is 9.27. The Kier molecular flexibility index (Phi) is 10.3. The zero-order valence-corrected chi connectivity index (χ0v) is 20.8. The Labute approximate surface area is 190 Å². The van der Waals surface area contributed by atoms with Crippen molar-refractivity contribution in [3.05, 3.63) is 0 Å². The summed E-state index contributed by atoms with van der Waals surface area (Å²) in [5.74, 6) is 1.96. The minimum absolute atomic E-state index is 0. The van der Waals surface area contributed by atoms with Gasteiger partial charge in [0, 0.05) is 25.2 Å². The maximum absolute atomic E-state index is 4.56. The van der Waals surface area contributed by atoms with Crippen LogP contribution in [0, 0.1) is 5.92 Å². The smallest absolute Gasteiger partial charge is 0.191 e. The quantitative estimate of drug-likeness (QED) is 0.340. The van der Waals surface area contributed by atoms with Gasteiger partial charge >= 0.3 is 0 Å². The third-order valence-electron chi connectivity index (χ3n) is 7.52. The van der Waals surface area contributed by atoms with Gasteiger partial charge in [0.15, 0.2) is 5.96 Å². The summed E-state index contributed by atoms with van der Waals surface area (Å²) in [5, 5.41) is 7.47. The third-order valence-corrected chi connectivity index (χ3v) is 7.52. The van der Waals surface area contributed by atoms with Crippen molar-refractivity contribution in [3.63, 3.8) is 0 Å². The molecule has 0 amide bonds. The van der Waals surface area contributed by atoms with Crippen LogP contribution in [0.4, 0.5) is 0 Å². The molecule has 5 nitrogen and oxygen atoms in total. The predicted molar refractivity (Wildman–Crippen MR) is 131 cm³/mol. The number of piperidine rings is 2. The number of likely N-dealkylation sites (tertiary alicyclic amines) is 2. The first kappa shape index (κ1) is 24.2. The summed E-state index contributed by atoms with van der Waals surface area (Å²) in [6, 6.07) is 0.599. The average molecular weight is 506 g/mol. The van der Waals surface area contributed by atoms with Gasteiger partial charge < -0.3 is 15.5 Å². The van der Waals surface area contributed by atoms with Gasteiger partial charge in [-0.25, -0.2) is 0 Å². The van der Waals surface area contributed by atoms with Crippen LogP contribution in [-0.2, 0) is 0 Å². The minimum Gasteiger partial charge on any atom is -0.355 e. The summed E-state index contributed by atoms with van der Waals surface area (Å²) >= 11 is 0. The molecule has 2 saturated heterocycles. The molecule has 3 aliphatic rings. The van der Waals surface area contributed by atoms with Crippen molar-refractivity contribution in [2.75, 3.05) is 46.8 Å². The molecular formula is C22H44IN5. The Balaban J connectivity index is 0.00000280. The lowest BCUT2D eigenvalue weighted by atomic mass is 9.84. The van der Waals surface area contributed by atoms with E-state index in [9.17, 15) is 0 Å². The maximum atomic E-state index is 4.56. The van der Waals surface area contributed by atoms with Crippen LogP contribution in [-0.4, -0.2) is 74.2 Å². The van der Waals surface area contributed by atoms with E-state index in [-0.39, 0.29) is 24.0 Å². The van der Waals surface area contributed by atoms with Crippen molar-refractivity contribution in [2.45, 2.75) is 82.7 Å². The Morgan fingerprint density at radius 1 is 1.00 bits per heavy atom. The highest BCUT2D eigenvalue weighted by molar-refractivity contribution is 14.0. The van der Waals surface area contributed by atoms with Crippen LogP contribution in [0.25, 0.3) is 0 Å². The summed E-state index contributed by atoms with van der Waals surface area (Å²) < 4.78 is 0. The lowest BCUT2D eigenvalue weighted by Gasteiger charge is -2.50. The lowest BCUT2D eigenvalue weighted by Crippen LogP contribution is -2.62. The van der Waals surface area contributed by atoms with E-state index >= 15 is 0 Å². The van der Waals surface area contributed by atoms with Crippen LogP contribution in [0.2, 0.25) is 0 Å². The number of rotatable bonds is 5. The summed E-state index contributed by atoms with van der Waals surface area (Å²) in [6.07, 6.45) is 13.4. The van der Waals surface area contributed by atoms with Gasteiger partial charge in [0.05, 0.1) is 0 Å². The van der Waals surface area contributed by atoms with Crippen LogP contribution >= 0.6 is 24.0 Å². The highest BCUT2D eigenvalue weighted by atomic mass is 127. The molecule has 3 rings (SSSR count). The van der Waals surface area contributed by atoms with Gasteiger partial charge in [-0.1, -0.05) is 19.8 Å². The number of halogens is 1. The van der Waals surface area contributed by atoms with Crippen LogP contribution in [0.3, 0.4) is 0 Å². The zero-order chi connectivity index (χ0) is 19.1. The fourth-order valence-corrected chi connectivity index (χ4v) is 5.36. The molecular weight excluding hydrogens is 461 g/mol. The number of guanidine groups is 1. The Morgan fingerprint density at radius 3 is 2.21 bits per heavy atom. The van der Waals surface area contributed by atoms with E-state index < -0.39 is 0 Å². The molecule has 3 fully saturated rings. The minimum atomic E-state index is 0. The molecule has 0 bridgehead atoms. The van der Waals surface area contributed by atoms with Crippen molar-refractivity contribution in [2.24, 2.45) is 10.9 Å². The van der Waals surface area contributed by atoms with Crippen LogP contribution in [0.15, 0.2) is 4.99 Å². The molecule has 0 atom stereocenters. The summed E-state index contributed by atoms with van der Waals surface area (Å²) in [5.41, 5.74) is 0.310. The lowest BCUT2D eigenvalue weighted by molar-refractivity contribution is 0.0172. The summed E-state index contributed by atoms with van der Waals surface area (Å²) in [7, 11) is 4.19. The first-order valence-corrected chi connectivity index (χ1v) is 11.6. The monoisotopic (exact) mass is 505 g/mol. The second-order valence-electron chi connectivity index (χ2n) is 9.27. The zero-order valence-electron chi connectivity index (χ0n) is 18.5. The number of nitrogens with zero attached hydrogens (tertiary/aromatic N) is 3. The third kappa shape index (κ3) is 6.46. The molecule has 0 aromatic heterocycles. The Morgan fingerprint density at radius 2 is 1.64 bits per heavy atom. The molecule has 2 aliphatic heterocycles.